The van der Waals surface area contributed by atoms with Crippen LogP contribution < -0.4 is 5.32 Å². The number of imide groups is 1. The molecular weight excluding hydrogens is 318 g/mol. The number of nitrogens with zero attached hydrogens (tertiary/aromatic N) is 4. The molecule has 122 valence electrons. The number of hydrogen-bond acceptors (Lipinski definition) is 7. The first-order valence-electron chi connectivity index (χ1n) is 6.97. The smallest absolute Gasteiger partial charge is 0.413 e. The van der Waals surface area contributed by atoms with Crippen LogP contribution in [0.5, 0.6) is 0 Å². The maximum atomic E-state index is 11.7. The molecule has 0 aliphatic rings. The van der Waals surface area contributed by atoms with Crippen LogP contribution in [0.15, 0.2) is 23.4 Å². The van der Waals surface area contributed by atoms with Gasteiger partial charge in [-0.25, -0.2) is 4.79 Å². The van der Waals surface area contributed by atoms with Crippen molar-refractivity contribution in [3.63, 3.8) is 0 Å². The molecule has 1 heterocycles. The van der Waals surface area contributed by atoms with Crippen molar-refractivity contribution in [2.75, 3.05) is 12.4 Å². The number of carbonyl (C=O) groups is 2. The van der Waals surface area contributed by atoms with Gasteiger partial charge in [0, 0.05) is 0 Å². The van der Waals surface area contributed by atoms with Gasteiger partial charge in [-0.3, -0.25) is 10.1 Å². The Hall–Kier alpha value is -2.42. The zero-order chi connectivity index (χ0) is 16.8. The Balaban J connectivity index is 2.08. The average molecular weight is 335 g/mol. The molecule has 0 bridgehead atoms. The normalized spacial score (nSPS) is 10.4. The van der Waals surface area contributed by atoms with Crippen LogP contribution in [0.3, 0.4) is 0 Å². The summed E-state index contributed by atoms with van der Waals surface area (Å²) in [5.41, 5.74) is 2.93. The summed E-state index contributed by atoms with van der Waals surface area (Å²) >= 11 is 1.14. The lowest BCUT2D eigenvalue weighted by atomic mass is 10.1. The topological polar surface area (TPSA) is 99.0 Å². The number of rotatable bonds is 5. The maximum Gasteiger partial charge on any atom is 0.413 e. The molecule has 2 aromatic rings. The van der Waals surface area contributed by atoms with E-state index in [2.05, 4.69) is 25.6 Å². The van der Waals surface area contributed by atoms with Crippen molar-refractivity contribution in [1.82, 2.24) is 25.5 Å². The monoisotopic (exact) mass is 335 g/mol. The van der Waals surface area contributed by atoms with E-state index in [-0.39, 0.29) is 12.4 Å². The SMILES string of the molecule is CCOC(=O)NC(=O)CSc1nnnn1-c1c(C)cccc1C. The van der Waals surface area contributed by atoms with Gasteiger partial charge in [-0.2, -0.15) is 4.68 Å². The summed E-state index contributed by atoms with van der Waals surface area (Å²) in [4.78, 5) is 22.9. The van der Waals surface area contributed by atoms with E-state index >= 15 is 0 Å². The summed E-state index contributed by atoms with van der Waals surface area (Å²) in [6, 6.07) is 5.88. The molecule has 0 spiro atoms. The number of ether oxygens (including phenoxy) is 1. The predicted octanol–water partition coefficient (Wildman–Crippen LogP) is 1.64. The van der Waals surface area contributed by atoms with Crippen LogP contribution in [0.2, 0.25) is 0 Å². The standard InChI is InChI=1S/C14H17N5O3S/c1-4-22-14(21)15-11(20)8-23-13-16-17-18-19(13)12-9(2)6-5-7-10(12)3/h5-7H,4,8H2,1-3H3,(H,15,20,21). The van der Waals surface area contributed by atoms with Gasteiger partial charge in [0.1, 0.15) is 0 Å². The summed E-state index contributed by atoms with van der Waals surface area (Å²) in [5, 5.41) is 14.2. The highest BCUT2D eigenvalue weighted by molar-refractivity contribution is 7.99. The lowest BCUT2D eigenvalue weighted by Crippen LogP contribution is -2.32. The average Bonchev–Trinajstić information content (AvgIpc) is 2.93. The molecule has 1 aromatic heterocycles. The fraction of sp³-hybridized carbons (Fsp3) is 0.357. The molecule has 0 unspecified atom stereocenters. The van der Waals surface area contributed by atoms with Gasteiger partial charge in [0.25, 0.3) is 0 Å². The Labute approximate surface area is 137 Å². The molecule has 0 saturated carbocycles. The van der Waals surface area contributed by atoms with Crippen LogP contribution in [0.25, 0.3) is 5.69 Å². The van der Waals surface area contributed by atoms with Gasteiger partial charge < -0.3 is 4.74 Å². The van der Waals surface area contributed by atoms with Crippen molar-refractivity contribution in [2.45, 2.75) is 25.9 Å². The van der Waals surface area contributed by atoms with E-state index in [1.54, 1.807) is 11.6 Å². The van der Waals surface area contributed by atoms with Crippen LogP contribution >= 0.6 is 11.8 Å². The van der Waals surface area contributed by atoms with Crippen LogP contribution in [0.4, 0.5) is 4.79 Å². The highest BCUT2D eigenvalue weighted by Crippen LogP contribution is 2.23. The quantitative estimate of drug-likeness (QED) is 0.829. The Morgan fingerprint density at radius 3 is 2.65 bits per heavy atom. The zero-order valence-corrected chi connectivity index (χ0v) is 13.9. The first kappa shape index (κ1) is 16.9. The molecule has 0 aliphatic carbocycles. The first-order valence-corrected chi connectivity index (χ1v) is 7.95. The van der Waals surface area contributed by atoms with Crippen molar-refractivity contribution in [3.8, 4) is 5.69 Å². The molecule has 8 nitrogen and oxygen atoms in total. The summed E-state index contributed by atoms with van der Waals surface area (Å²) < 4.78 is 6.24. The van der Waals surface area contributed by atoms with Crippen molar-refractivity contribution in [2.24, 2.45) is 0 Å². The third kappa shape index (κ3) is 4.28. The molecule has 0 fully saturated rings. The van der Waals surface area contributed by atoms with E-state index in [1.165, 1.54) is 0 Å². The summed E-state index contributed by atoms with van der Waals surface area (Å²) in [6.07, 6.45) is -0.757. The Bertz CT molecular complexity index is 696. The van der Waals surface area contributed by atoms with E-state index in [9.17, 15) is 9.59 Å². The lowest BCUT2D eigenvalue weighted by Gasteiger charge is -2.10. The Kier molecular flexibility index (Phi) is 5.69. The summed E-state index contributed by atoms with van der Waals surface area (Å²) in [5.74, 6) is -0.464. The van der Waals surface area contributed by atoms with E-state index in [0.29, 0.717) is 5.16 Å². The second kappa shape index (κ2) is 7.73. The van der Waals surface area contributed by atoms with Crippen LogP contribution in [0.1, 0.15) is 18.1 Å². The molecule has 1 N–H and O–H groups in total. The van der Waals surface area contributed by atoms with Crippen molar-refractivity contribution in [1.29, 1.82) is 0 Å². The summed E-state index contributed by atoms with van der Waals surface area (Å²) in [6.45, 7) is 5.80. The maximum absolute atomic E-state index is 11.7. The second-order valence-corrected chi connectivity index (χ2v) is 5.61. The van der Waals surface area contributed by atoms with Gasteiger partial charge in [0.05, 0.1) is 18.0 Å². The van der Waals surface area contributed by atoms with E-state index < -0.39 is 12.0 Å². The van der Waals surface area contributed by atoms with E-state index in [0.717, 1.165) is 28.6 Å². The van der Waals surface area contributed by atoms with Crippen LogP contribution in [0, 0.1) is 13.8 Å². The van der Waals surface area contributed by atoms with E-state index in [4.69, 9.17) is 0 Å². The number of aromatic nitrogens is 4. The number of aryl methyl sites for hydroxylation is 2. The minimum absolute atomic E-state index is 0.00408. The van der Waals surface area contributed by atoms with Crippen molar-refractivity contribution < 1.29 is 14.3 Å². The van der Waals surface area contributed by atoms with Gasteiger partial charge in [-0.1, -0.05) is 30.0 Å². The van der Waals surface area contributed by atoms with Crippen LogP contribution in [-0.4, -0.2) is 44.6 Å². The molecule has 0 radical (unpaired) electrons. The molecule has 2 amide bonds. The predicted molar refractivity (Wildman–Crippen MR) is 84.5 cm³/mol. The Morgan fingerprint density at radius 2 is 2.00 bits per heavy atom. The number of nitrogens with one attached hydrogen (secondary N) is 1. The highest BCUT2D eigenvalue weighted by Gasteiger charge is 2.15. The minimum Gasteiger partial charge on any atom is -0.450 e. The lowest BCUT2D eigenvalue weighted by molar-refractivity contribution is -0.117. The van der Waals surface area contributed by atoms with E-state index in [1.807, 2.05) is 32.0 Å². The second-order valence-electron chi connectivity index (χ2n) is 4.67. The number of tetrazole rings is 1. The zero-order valence-electron chi connectivity index (χ0n) is 13.1. The van der Waals surface area contributed by atoms with Gasteiger partial charge in [-0.15, -0.1) is 5.10 Å². The van der Waals surface area contributed by atoms with Gasteiger partial charge >= 0.3 is 6.09 Å². The third-order valence-electron chi connectivity index (χ3n) is 2.94. The van der Waals surface area contributed by atoms with Gasteiger partial charge in [0.15, 0.2) is 0 Å². The number of carbonyl (C=O) groups excluding carboxylic acids is 2. The number of thioether (sulfide) groups is 1. The number of para-hydroxylation sites is 1. The molecule has 0 saturated heterocycles. The van der Waals surface area contributed by atoms with Crippen molar-refractivity contribution >= 4 is 23.8 Å². The molecule has 0 aliphatic heterocycles. The third-order valence-corrected chi connectivity index (χ3v) is 3.86. The highest BCUT2D eigenvalue weighted by atomic mass is 32.2. The number of alkyl carbamates (subject to hydrolysis) is 1. The number of benzene rings is 1. The fourth-order valence-electron chi connectivity index (χ4n) is 2.00. The number of amides is 2. The minimum atomic E-state index is -0.757. The summed E-state index contributed by atoms with van der Waals surface area (Å²) in [7, 11) is 0. The Morgan fingerprint density at radius 1 is 1.30 bits per heavy atom. The molecule has 2 rings (SSSR count). The largest absolute Gasteiger partial charge is 0.450 e. The van der Waals surface area contributed by atoms with Gasteiger partial charge in [-0.05, 0) is 42.3 Å². The molecule has 23 heavy (non-hydrogen) atoms. The first-order chi connectivity index (χ1) is 11.0. The molecular formula is C14H17N5O3S. The molecule has 1 aromatic carbocycles. The van der Waals surface area contributed by atoms with Crippen LogP contribution in [-0.2, 0) is 9.53 Å². The molecule has 0 atom stereocenters. The fourth-order valence-corrected chi connectivity index (χ4v) is 2.67. The molecule has 9 heteroatoms. The number of hydrogen-bond donors (Lipinski definition) is 1. The van der Waals surface area contributed by atoms with Crippen molar-refractivity contribution in [3.05, 3.63) is 29.3 Å². The van der Waals surface area contributed by atoms with Gasteiger partial charge in [0.2, 0.25) is 11.1 Å².